The zero-order chi connectivity index (χ0) is 19.6. The summed E-state index contributed by atoms with van der Waals surface area (Å²) < 4.78 is 21.7. The normalized spacial score (nSPS) is 10.2. The number of rotatable bonds is 10. The number of methoxy groups -OCH3 is 1. The highest BCUT2D eigenvalue weighted by Crippen LogP contribution is 2.40. The lowest BCUT2D eigenvalue weighted by Crippen LogP contribution is -2.15. The summed E-state index contributed by atoms with van der Waals surface area (Å²) in [7, 11) is 1.54. The lowest BCUT2D eigenvalue weighted by Gasteiger charge is -2.17. The Morgan fingerprint density at radius 1 is 1.07 bits per heavy atom. The minimum absolute atomic E-state index is 0.248. The third-order valence-corrected chi connectivity index (χ3v) is 3.76. The summed E-state index contributed by atoms with van der Waals surface area (Å²) in [6, 6.07) is 10.5. The lowest BCUT2D eigenvalue weighted by atomic mass is 9.98. The smallest absolute Gasteiger partial charge is 0.344 e. The molecule has 2 aromatic rings. The minimum atomic E-state index is -0.475. The number of benzene rings is 2. The van der Waals surface area contributed by atoms with Crippen LogP contribution < -0.4 is 14.2 Å². The van der Waals surface area contributed by atoms with E-state index in [0.717, 1.165) is 12.7 Å². The van der Waals surface area contributed by atoms with Crippen LogP contribution in [0.5, 0.6) is 17.2 Å². The highest BCUT2D eigenvalue weighted by Gasteiger charge is 2.18. The highest BCUT2D eigenvalue weighted by atomic mass is 16.6. The van der Waals surface area contributed by atoms with Crippen molar-refractivity contribution in [3.05, 3.63) is 42.0 Å². The highest BCUT2D eigenvalue weighted by molar-refractivity contribution is 5.92. The predicted octanol–water partition coefficient (Wildman–Crippen LogP) is 3.91. The number of esters is 1. The Labute approximate surface area is 159 Å². The van der Waals surface area contributed by atoms with Crippen molar-refractivity contribution >= 4 is 12.3 Å². The van der Waals surface area contributed by atoms with Crippen molar-refractivity contribution in [2.24, 2.45) is 0 Å². The minimum Gasteiger partial charge on any atom is -0.497 e. The van der Waals surface area contributed by atoms with Gasteiger partial charge in [-0.15, -0.1) is 0 Å². The second kappa shape index (κ2) is 10.2. The summed E-state index contributed by atoms with van der Waals surface area (Å²) in [5.41, 5.74) is 1.71. The monoisotopic (exact) mass is 372 g/mol. The first-order valence-electron chi connectivity index (χ1n) is 8.82. The van der Waals surface area contributed by atoms with Gasteiger partial charge in [-0.05, 0) is 31.5 Å². The van der Waals surface area contributed by atoms with Crippen LogP contribution >= 0.6 is 0 Å². The van der Waals surface area contributed by atoms with Gasteiger partial charge in [-0.2, -0.15) is 0 Å². The van der Waals surface area contributed by atoms with E-state index in [4.69, 9.17) is 18.9 Å². The molecule has 27 heavy (non-hydrogen) atoms. The largest absolute Gasteiger partial charge is 0.497 e. The van der Waals surface area contributed by atoms with E-state index < -0.39 is 5.97 Å². The van der Waals surface area contributed by atoms with Gasteiger partial charge >= 0.3 is 5.97 Å². The average molecular weight is 372 g/mol. The second-order valence-electron chi connectivity index (χ2n) is 5.64. The molecule has 0 aliphatic rings. The number of carbonyl (C=O) groups excluding carboxylic acids is 2. The molecule has 0 spiro atoms. The Bertz CT molecular complexity index is 784. The van der Waals surface area contributed by atoms with Gasteiger partial charge in [0.25, 0.3) is 0 Å². The van der Waals surface area contributed by atoms with Crippen LogP contribution in [0.15, 0.2) is 36.4 Å². The van der Waals surface area contributed by atoms with E-state index in [1.807, 2.05) is 6.92 Å². The van der Waals surface area contributed by atoms with Crippen LogP contribution in [0.2, 0.25) is 0 Å². The summed E-state index contributed by atoms with van der Waals surface area (Å²) in [5, 5.41) is 0. The van der Waals surface area contributed by atoms with Gasteiger partial charge in [0.15, 0.2) is 12.9 Å². The van der Waals surface area contributed by atoms with Gasteiger partial charge in [0.2, 0.25) is 0 Å². The summed E-state index contributed by atoms with van der Waals surface area (Å²) in [6.45, 7) is 4.28. The van der Waals surface area contributed by atoms with Crippen LogP contribution in [0.25, 0.3) is 11.1 Å². The molecule has 0 aliphatic carbocycles. The maximum atomic E-state index is 11.7. The van der Waals surface area contributed by atoms with E-state index >= 15 is 0 Å². The Kier molecular flexibility index (Phi) is 7.67. The molecule has 0 heterocycles. The van der Waals surface area contributed by atoms with Gasteiger partial charge in [0.05, 0.1) is 20.3 Å². The molecule has 0 aliphatic heterocycles. The molecule has 0 amide bonds. The summed E-state index contributed by atoms with van der Waals surface area (Å²) in [5.74, 6) is 1.07. The quantitative estimate of drug-likeness (QED) is 0.465. The first-order chi connectivity index (χ1) is 13.1. The van der Waals surface area contributed by atoms with Crippen LogP contribution in [0, 0.1) is 0 Å². The Hall–Kier alpha value is -3.02. The third kappa shape index (κ3) is 5.23. The zero-order valence-electron chi connectivity index (χ0n) is 15.8. The first-order valence-corrected chi connectivity index (χ1v) is 8.82. The fraction of sp³-hybridized carbons (Fsp3) is 0.333. The SMILES string of the molecule is CCCOc1cccc(C=O)c1-c1ccc(OC)cc1OCC(=O)OCC. The van der Waals surface area contributed by atoms with Gasteiger partial charge in [0, 0.05) is 22.8 Å². The molecule has 0 atom stereocenters. The molecule has 0 saturated carbocycles. The van der Waals surface area contributed by atoms with E-state index in [0.29, 0.717) is 40.5 Å². The molecule has 0 N–H and O–H groups in total. The molecule has 6 heteroatoms. The number of carbonyl (C=O) groups is 2. The lowest BCUT2D eigenvalue weighted by molar-refractivity contribution is -0.145. The fourth-order valence-corrected chi connectivity index (χ4v) is 2.56. The molecule has 6 nitrogen and oxygen atoms in total. The van der Waals surface area contributed by atoms with Crippen molar-refractivity contribution < 1.29 is 28.5 Å². The Balaban J connectivity index is 2.50. The van der Waals surface area contributed by atoms with Crippen molar-refractivity contribution in [1.29, 1.82) is 0 Å². The second-order valence-corrected chi connectivity index (χ2v) is 5.64. The molecule has 0 unspecified atom stereocenters. The molecule has 2 rings (SSSR count). The summed E-state index contributed by atoms with van der Waals surface area (Å²) in [6.07, 6.45) is 1.60. The van der Waals surface area contributed by atoms with E-state index in [9.17, 15) is 9.59 Å². The average Bonchev–Trinajstić information content (AvgIpc) is 2.70. The summed E-state index contributed by atoms with van der Waals surface area (Å²) >= 11 is 0. The summed E-state index contributed by atoms with van der Waals surface area (Å²) in [4.78, 5) is 23.3. The van der Waals surface area contributed by atoms with Gasteiger partial charge in [-0.3, -0.25) is 4.79 Å². The molecular weight excluding hydrogens is 348 g/mol. The van der Waals surface area contributed by atoms with Crippen LogP contribution in [-0.2, 0) is 9.53 Å². The van der Waals surface area contributed by atoms with Crippen molar-refractivity contribution in [3.63, 3.8) is 0 Å². The third-order valence-electron chi connectivity index (χ3n) is 3.76. The van der Waals surface area contributed by atoms with Gasteiger partial charge in [-0.25, -0.2) is 4.79 Å². The molecule has 0 radical (unpaired) electrons. The van der Waals surface area contributed by atoms with Gasteiger partial charge < -0.3 is 18.9 Å². The van der Waals surface area contributed by atoms with Crippen molar-refractivity contribution in [2.75, 3.05) is 26.9 Å². The first kappa shape index (κ1) is 20.3. The maximum Gasteiger partial charge on any atom is 0.344 e. The van der Waals surface area contributed by atoms with Gasteiger partial charge in [-0.1, -0.05) is 19.1 Å². The van der Waals surface area contributed by atoms with Crippen LogP contribution in [0.1, 0.15) is 30.6 Å². The van der Waals surface area contributed by atoms with E-state index in [1.165, 1.54) is 0 Å². The Morgan fingerprint density at radius 3 is 2.56 bits per heavy atom. The standard InChI is InChI=1S/C21H24O6/c1-4-11-26-18-8-6-7-15(13-22)21(18)17-10-9-16(24-3)12-19(17)27-14-20(23)25-5-2/h6-10,12-13H,4-5,11,14H2,1-3H3. The van der Waals surface area contributed by atoms with Gasteiger partial charge in [0.1, 0.15) is 17.2 Å². The maximum absolute atomic E-state index is 11.7. The molecule has 0 fully saturated rings. The van der Waals surface area contributed by atoms with Crippen LogP contribution in [0.3, 0.4) is 0 Å². The molecule has 0 saturated heterocycles. The van der Waals surface area contributed by atoms with Crippen molar-refractivity contribution in [1.82, 2.24) is 0 Å². The van der Waals surface area contributed by atoms with Crippen LogP contribution in [-0.4, -0.2) is 39.2 Å². The van der Waals surface area contributed by atoms with E-state index in [-0.39, 0.29) is 13.2 Å². The van der Waals surface area contributed by atoms with E-state index in [1.54, 1.807) is 50.4 Å². The van der Waals surface area contributed by atoms with Crippen LogP contribution in [0.4, 0.5) is 0 Å². The molecule has 0 bridgehead atoms. The number of ether oxygens (including phenoxy) is 4. The van der Waals surface area contributed by atoms with Crippen molar-refractivity contribution in [3.8, 4) is 28.4 Å². The van der Waals surface area contributed by atoms with E-state index in [2.05, 4.69) is 0 Å². The van der Waals surface area contributed by atoms with Crippen molar-refractivity contribution in [2.45, 2.75) is 20.3 Å². The molecule has 144 valence electrons. The number of hydrogen-bond acceptors (Lipinski definition) is 6. The molecule has 2 aromatic carbocycles. The number of aldehydes is 1. The topological polar surface area (TPSA) is 71.1 Å². The Morgan fingerprint density at radius 2 is 1.89 bits per heavy atom. The molecule has 0 aromatic heterocycles. The number of hydrogen-bond donors (Lipinski definition) is 0. The zero-order valence-corrected chi connectivity index (χ0v) is 15.8. The molecular formula is C21H24O6. The predicted molar refractivity (Wildman–Crippen MR) is 102 cm³/mol. The fourth-order valence-electron chi connectivity index (χ4n) is 2.56.